The average Bonchev–Trinajstić information content (AvgIpc) is 3.78. The number of nitrogens with one attached hydrogen (secondary N) is 2. The summed E-state index contributed by atoms with van der Waals surface area (Å²) in [6.45, 7) is 7.35. The van der Waals surface area contributed by atoms with Gasteiger partial charge in [0.15, 0.2) is 0 Å². The van der Waals surface area contributed by atoms with Gasteiger partial charge in [-0.3, -0.25) is 9.59 Å². The standard InChI is InChI=1S/C45H53F7N4O6/c1-41(2,3)62-40(59)54-19-8-4-7-18-53-38(57)27-60-37-25-30-9-5-6-10-36(30)42(37)15-20-55(21-16-42)22-17-43(32-11-13-35(46)14-12-32)28-56(29-61-43)39(58)31-23-33(44(47,48)49)26-34(24-31)45(50,51)52/h5-6,9-14,23-24,26,37H,4,7-8,15-22,25,27-29H2,1-3H3,(H,53,57)(H,54,59)/t37-,43-/m0/s1. The number of alkyl halides is 6. The molecule has 338 valence electrons. The van der Waals surface area contributed by atoms with Crippen LogP contribution in [0.3, 0.4) is 0 Å². The molecule has 2 fully saturated rings. The molecule has 3 aliphatic rings. The zero-order valence-corrected chi connectivity index (χ0v) is 35.0. The van der Waals surface area contributed by atoms with E-state index >= 15 is 0 Å². The highest BCUT2D eigenvalue weighted by atomic mass is 19.4. The maximum absolute atomic E-state index is 14.1. The number of fused-ring (bicyclic) bond motifs is 2. The summed E-state index contributed by atoms with van der Waals surface area (Å²) in [6.07, 6.45) is -6.35. The Bertz CT molecular complexity index is 2020. The van der Waals surface area contributed by atoms with Crippen molar-refractivity contribution in [1.29, 1.82) is 0 Å². The Labute approximate surface area is 356 Å². The number of hydrogen-bond acceptors (Lipinski definition) is 7. The van der Waals surface area contributed by atoms with E-state index in [9.17, 15) is 45.1 Å². The summed E-state index contributed by atoms with van der Waals surface area (Å²) in [5, 5.41) is 5.65. The molecular formula is C45H53F7N4O6. The van der Waals surface area contributed by atoms with Gasteiger partial charge < -0.3 is 34.6 Å². The van der Waals surface area contributed by atoms with E-state index in [0.29, 0.717) is 69.7 Å². The van der Waals surface area contributed by atoms with Crippen molar-refractivity contribution < 1.29 is 59.3 Å². The number of carbonyl (C=O) groups is 3. The SMILES string of the molecule is CC(C)(C)OC(=O)NCCCCCNC(=O)CO[C@H]1Cc2ccccc2C12CCN(CC[C@@]1(c3ccc(F)cc3)CN(C(=O)c3cc(C(F)(F)F)cc(C(F)(F)F)c3)CO1)CC2. The third kappa shape index (κ3) is 11.4. The molecule has 2 heterocycles. The third-order valence-corrected chi connectivity index (χ3v) is 11.9. The number of unbranched alkanes of at least 4 members (excludes halogenated alkanes) is 2. The van der Waals surface area contributed by atoms with Gasteiger partial charge in [-0.05, 0) is 126 Å². The average molecular weight is 879 g/mol. The fraction of sp³-hybridized carbons (Fsp3) is 0.533. The van der Waals surface area contributed by atoms with Gasteiger partial charge in [0.05, 0.1) is 23.8 Å². The monoisotopic (exact) mass is 878 g/mol. The molecule has 0 unspecified atom stereocenters. The molecule has 0 aromatic heterocycles. The first-order chi connectivity index (χ1) is 29.2. The van der Waals surface area contributed by atoms with Crippen LogP contribution in [0.2, 0.25) is 0 Å². The Hall–Kier alpha value is -4.74. The van der Waals surface area contributed by atoms with Crippen molar-refractivity contribution in [1.82, 2.24) is 20.4 Å². The van der Waals surface area contributed by atoms with Crippen LogP contribution in [-0.2, 0) is 48.8 Å². The lowest BCUT2D eigenvalue weighted by Crippen LogP contribution is -2.49. The maximum Gasteiger partial charge on any atom is 0.416 e. The van der Waals surface area contributed by atoms with Gasteiger partial charge in [-0.15, -0.1) is 0 Å². The van der Waals surface area contributed by atoms with E-state index in [1.807, 2.05) is 12.1 Å². The number of hydrogen-bond donors (Lipinski definition) is 2. The lowest BCUT2D eigenvalue weighted by molar-refractivity contribution is -0.143. The molecule has 3 aromatic rings. The summed E-state index contributed by atoms with van der Waals surface area (Å²) in [5.74, 6) is -1.80. The maximum atomic E-state index is 14.1. The van der Waals surface area contributed by atoms with Crippen LogP contribution in [-0.4, -0.2) is 92.0 Å². The van der Waals surface area contributed by atoms with Gasteiger partial charge in [0.25, 0.3) is 5.91 Å². The van der Waals surface area contributed by atoms with Gasteiger partial charge in [-0.2, -0.15) is 26.3 Å². The van der Waals surface area contributed by atoms with E-state index in [2.05, 4.69) is 27.7 Å². The molecule has 6 rings (SSSR count). The zero-order valence-electron chi connectivity index (χ0n) is 35.0. The second-order valence-corrected chi connectivity index (χ2v) is 17.3. The summed E-state index contributed by atoms with van der Waals surface area (Å²) in [5.41, 5.74) is -3.27. The van der Waals surface area contributed by atoms with Gasteiger partial charge in [0.1, 0.15) is 30.4 Å². The molecule has 62 heavy (non-hydrogen) atoms. The second kappa shape index (κ2) is 18.9. The Balaban J connectivity index is 1.06. The van der Waals surface area contributed by atoms with E-state index in [1.54, 1.807) is 20.8 Å². The molecule has 0 radical (unpaired) electrons. The zero-order chi connectivity index (χ0) is 44.9. The van der Waals surface area contributed by atoms with Crippen molar-refractivity contribution in [2.45, 2.75) is 101 Å². The normalized spacial score (nSPS) is 20.3. The molecule has 1 aliphatic carbocycles. The summed E-state index contributed by atoms with van der Waals surface area (Å²) in [4.78, 5) is 41.6. The first-order valence-electron chi connectivity index (χ1n) is 20.8. The minimum atomic E-state index is -5.13. The van der Waals surface area contributed by atoms with Crippen molar-refractivity contribution >= 4 is 17.9 Å². The number of nitrogens with zero attached hydrogens (tertiary/aromatic N) is 2. The minimum Gasteiger partial charge on any atom is -0.444 e. The smallest absolute Gasteiger partial charge is 0.416 e. The Morgan fingerprint density at radius 3 is 2.10 bits per heavy atom. The summed E-state index contributed by atoms with van der Waals surface area (Å²) >= 11 is 0. The predicted molar refractivity (Wildman–Crippen MR) is 214 cm³/mol. The Morgan fingerprint density at radius 1 is 0.839 bits per heavy atom. The molecule has 2 N–H and O–H groups in total. The number of amides is 3. The lowest BCUT2D eigenvalue weighted by atomic mass is 9.72. The predicted octanol–water partition coefficient (Wildman–Crippen LogP) is 8.37. The number of piperidine rings is 1. The molecule has 17 heteroatoms. The Morgan fingerprint density at radius 2 is 1.47 bits per heavy atom. The molecule has 0 saturated carbocycles. The molecule has 3 amide bonds. The van der Waals surface area contributed by atoms with Gasteiger partial charge in [0.2, 0.25) is 5.91 Å². The van der Waals surface area contributed by atoms with Gasteiger partial charge >= 0.3 is 18.4 Å². The van der Waals surface area contributed by atoms with Crippen molar-refractivity contribution in [3.8, 4) is 0 Å². The number of likely N-dealkylation sites (tertiary alicyclic amines) is 1. The van der Waals surface area contributed by atoms with Crippen LogP contribution in [0.5, 0.6) is 0 Å². The summed E-state index contributed by atoms with van der Waals surface area (Å²) < 4.78 is 114. The fourth-order valence-electron chi connectivity index (χ4n) is 8.68. The van der Waals surface area contributed by atoms with Gasteiger partial charge in [0, 0.05) is 30.6 Å². The highest BCUT2D eigenvalue weighted by molar-refractivity contribution is 5.95. The molecule has 10 nitrogen and oxygen atoms in total. The van der Waals surface area contributed by atoms with Crippen LogP contribution in [0.15, 0.2) is 66.7 Å². The first kappa shape index (κ1) is 46.8. The van der Waals surface area contributed by atoms with Crippen LogP contribution in [0, 0.1) is 5.82 Å². The number of halogens is 7. The van der Waals surface area contributed by atoms with Gasteiger partial charge in [-0.1, -0.05) is 36.4 Å². The second-order valence-electron chi connectivity index (χ2n) is 17.3. The van der Waals surface area contributed by atoms with Gasteiger partial charge in [-0.25, -0.2) is 9.18 Å². The highest BCUT2D eigenvalue weighted by Gasteiger charge is 2.50. The van der Waals surface area contributed by atoms with Crippen LogP contribution in [0.25, 0.3) is 0 Å². The third-order valence-electron chi connectivity index (χ3n) is 11.9. The largest absolute Gasteiger partial charge is 0.444 e. The highest BCUT2D eigenvalue weighted by Crippen LogP contribution is 2.48. The number of benzene rings is 3. The van der Waals surface area contributed by atoms with E-state index in [-0.39, 0.29) is 43.1 Å². The molecule has 1 spiro atoms. The van der Waals surface area contributed by atoms with E-state index in [1.165, 1.54) is 29.8 Å². The van der Waals surface area contributed by atoms with E-state index in [4.69, 9.17) is 14.2 Å². The van der Waals surface area contributed by atoms with Crippen molar-refractivity contribution in [3.63, 3.8) is 0 Å². The Kier molecular flexibility index (Phi) is 14.3. The molecule has 2 atom stereocenters. The van der Waals surface area contributed by atoms with E-state index < -0.39 is 64.8 Å². The lowest BCUT2D eigenvalue weighted by Gasteiger charge is -2.44. The number of ether oxygens (including phenoxy) is 3. The first-order valence-corrected chi connectivity index (χ1v) is 20.8. The van der Waals surface area contributed by atoms with Crippen molar-refractivity contribution in [2.24, 2.45) is 0 Å². The fourth-order valence-corrected chi connectivity index (χ4v) is 8.68. The van der Waals surface area contributed by atoms with Crippen molar-refractivity contribution in [2.75, 3.05) is 52.6 Å². The molecular weight excluding hydrogens is 826 g/mol. The quantitative estimate of drug-likeness (QED) is 0.124. The van der Waals surface area contributed by atoms with E-state index in [0.717, 1.165) is 29.7 Å². The number of alkyl carbamates (subject to hydrolysis) is 1. The molecule has 0 bridgehead atoms. The number of carbonyl (C=O) groups excluding carboxylic acids is 3. The van der Waals surface area contributed by atoms with Crippen LogP contribution in [0.1, 0.15) is 97.5 Å². The van der Waals surface area contributed by atoms with Crippen LogP contribution in [0.4, 0.5) is 35.5 Å². The van der Waals surface area contributed by atoms with Crippen LogP contribution >= 0.6 is 0 Å². The number of rotatable bonds is 14. The van der Waals surface area contributed by atoms with Crippen LogP contribution < -0.4 is 10.6 Å². The summed E-state index contributed by atoms with van der Waals surface area (Å²) in [6, 6.07) is 14.4. The van der Waals surface area contributed by atoms with Crippen molar-refractivity contribution in [3.05, 3.63) is 106 Å². The topological polar surface area (TPSA) is 109 Å². The molecule has 3 aromatic carbocycles. The minimum absolute atomic E-state index is 0.0276. The molecule has 2 aliphatic heterocycles. The summed E-state index contributed by atoms with van der Waals surface area (Å²) in [7, 11) is 0. The molecule has 2 saturated heterocycles.